The average Bonchev–Trinajstić information content (AvgIpc) is 2.94. The Morgan fingerprint density at radius 1 is 1.12 bits per heavy atom. The second-order valence-electron chi connectivity index (χ2n) is 10.5. The van der Waals surface area contributed by atoms with Crippen molar-refractivity contribution in [2.45, 2.75) is 51.3 Å². The van der Waals surface area contributed by atoms with Crippen LogP contribution in [0.5, 0.6) is 5.75 Å². The van der Waals surface area contributed by atoms with Crippen LogP contribution in [0.25, 0.3) is 0 Å². The van der Waals surface area contributed by atoms with Crippen molar-refractivity contribution in [2.24, 2.45) is 4.99 Å². The Hall–Kier alpha value is -3.82. The van der Waals surface area contributed by atoms with Crippen molar-refractivity contribution < 1.29 is 28.6 Å². The molecular weight excluding hydrogens is 581 g/mol. The Labute approximate surface area is 256 Å². The number of halogens is 2. The van der Waals surface area contributed by atoms with Gasteiger partial charge in [0.1, 0.15) is 29.8 Å². The molecule has 0 spiro atoms. The van der Waals surface area contributed by atoms with Crippen molar-refractivity contribution in [3.8, 4) is 5.75 Å². The smallest absolute Gasteiger partial charge is 0.415 e. The van der Waals surface area contributed by atoms with E-state index < -0.39 is 29.6 Å². The number of aliphatic imine (C=N–C) groups is 1. The van der Waals surface area contributed by atoms with Crippen molar-refractivity contribution in [3.05, 3.63) is 87.9 Å². The molecule has 1 unspecified atom stereocenters. The van der Waals surface area contributed by atoms with Crippen molar-refractivity contribution in [3.63, 3.8) is 0 Å². The molecule has 9 nitrogen and oxygen atoms in total. The zero-order valence-corrected chi connectivity index (χ0v) is 25.7. The molecule has 11 heteroatoms. The van der Waals surface area contributed by atoms with Gasteiger partial charge in [0, 0.05) is 13.5 Å². The van der Waals surface area contributed by atoms with E-state index in [0.717, 1.165) is 5.56 Å². The molecule has 1 aliphatic heterocycles. The summed E-state index contributed by atoms with van der Waals surface area (Å²) in [6, 6.07) is 10.8. The quantitative estimate of drug-likeness (QED) is 0.272. The molecule has 224 valence electrons. The summed E-state index contributed by atoms with van der Waals surface area (Å²) >= 11 is 12.3. The third kappa shape index (κ3) is 9.63. The molecule has 0 radical (unpaired) electrons. The summed E-state index contributed by atoms with van der Waals surface area (Å²) < 4.78 is 16.1. The van der Waals surface area contributed by atoms with E-state index in [2.05, 4.69) is 10.3 Å². The Bertz CT molecular complexity index is 1350. The number of carbonyl (C=O) groups is 3. The van der Waals surface area contributed by atoms with Gasteiger partial charge in [-0.1, -0.05) is 53.6 Å². The maximum Gasteiger partial charge on any atom is 0.415 e. The van der Waals surface area contributed by atoms with E-state index in [9.17, 15) is 14.4 Å². The fraction of sp³-hybridized carbons (Fsp3) is 0.355. The van der Waals surface area contributed by atoms with Gasteiger partial charge in [-0.3, -0.25) is 14.7 Å². The predicted molar refractivity (Wildman–Crippen MR) is 163 cm³/mol. The number of benzene rings is 2. The van der Waals surface area contributed by atoms with Crippen molar-refractivity contribution in [1.29, 1.82) is 0 Å². The molecule has 1 N–H and O–H groups in total. The molecular formula is C31H35Cl2N3O6. The molecule has 1 heterocycles. The number of nitrogens with zero attached hydrogens (tertiary/aromatic N) is 2. The van der Waals surface area contributed by atoms with Crippen molar-refractivity contribution in [2.75, 3.05) is 20.8 Å². The number of esters is 1. The van der Waals surface area contributed by atoms with Gasteiger partial charge in [-0.2, -0.15) is 0 Å². The van der Waals surface area contributed by atoms with Gasteiger partial charge in [-0.05, 0) is 69.2 Å². The van der Waals surface area contributed by atoms with Gasteiger partial charge in [-0.25, -0.2) is 9.59 Å². The lowest BCUT2D eigenvalue weighted by Crippen LogP contribution is -2.43. The summed E-state index contributed by atoms with van der Waals surface area (Å²) in [6.45, 7) is 5.76. The number of dihydropyridines is 1. The second-order valence-corrected chi connectivity index (χ2v) is 11.3. The number of ether oxygens (including phenoxy) is 3. The largest absolute Gasteiger partial charge is 0.490 e. The van der Waals surface area contributed by atoms with E-state index in [1.165, 1.54) is 12.0 Å². The number of likely N-dealkylation sites (N-methyl/N-ethyl adjacent to an activating group) is 1. The number of methoxy groups -OCH3 is 1. The maximum absolute atomic E-state index is 12.8. The molecule has 2 aromatic rings. The second kappa shape index (κ2) is 14.9. The van der Waals surface area contributed by atoms with Crippen LogP contribution in [0, 0.1) is 0 Å². The molecule has 42 heavy (non-hydrogen) atoms. The highest BCUT2D eigenvalue weighted by Gasteiger charge is 2.25. The highest BCUT2D eigenvalue weighted by Crippen LogP contribution is 2.24. The third-order valence-electron chi connectivity index (χ3n) is 6.00. The fourth-order valence-electron chi connectivity index (χ4n) is 3.92. The summed E-state index contributed by atoms with van der Waals surface area (Å²) in [5.41, 5.74) is 0.279. The first kappa shape index (κ1) is 32.7. The molecule has 2 atom stereocenters. The normalized spacial score (nSPS) is 15.5. The van der Waals surface area contributed by atoms with Gasteiger partial charge in [0.25, 0.3) is 5.91 Å². The first-order valence-electron chi connectivity index (χ1n) is 13.3. The first-order chi connectivity index (χ1) is 19.9. The molecule has 0 saturated carbocycles. The van der Waals surface area contributed by atoms with Crippen LogP contribution in [-0.2, 0) is 20.7 Å². The number of rotatable bonds is 9. The number of carbonyl (C=O) groups excluding carboxylic acids is 3. The molecule has 0 aromatic heterocycles. The molecule has 2 amide bonds. The lowest BCUT2D eigenvalue weighted by Gasteiger charge is -2.26. The van der Waals surface area contributed by atoms with E-state index in [4.69, 9.17) is 37.4 Å². The minimum absolute atomic E-state index is 0.0905. The summed E-state index contributed by atoms with van der Waals surface area (Å²) in [4.78, 5) is 43.6. The van der Waals surface area contributed by atoms with Crippen LogP contribution in [0.1, 0.15) is 43.1 Å². The standard InChI is InChI=1S/C31H35Cl2N3O6/c1-31(2,3)42-30(39)36(4)26-13-6-9-21(34-26)10-8-18-41-22-16-14-20(15-17-22)19-25(29(38)40-5)35-28(37)27-23(32)11-7-12-24(27)33/h6-8,10-17,21,25H,9,18-19H2,1-5H3,(H,35,37)/b10-8+/t21?,25-/m0/s1. The fourth-order valence-corrected chi connectivity index (χ4v) is 4.49. The summed E-state index contributed by atoms with van der Waals surface area (Å²) in [5.74, 6) is -0.0212. The number of hydrogen-bond donors (Lipinski definition) is 1. The third-order valence-corrected chi connectivity index (χ3v) is 6.63. The van der Waals surface area contributed by atoms with Crippen molar-refractivity contribution in [1.82, 2.24) is 10.2 Å². The Kier molecular flexibility index (Phi) is 11.6. The zero-order valence-electron chi connectivity index (χ0n) is 24.2. The van der Waals surface area contributed by atoms with Gasteiger partial charge in [-0.15, -0.1) is 0 Å². The zero-order chi connectivity index (χ0) is 30.9. The van der Waals surface area contributed by atoms with E-state index in [1.54, 1.807) is 55.6 Å². The lowest BCUT2D eigenvalue weighted by molar-refractivity contribution is -0.142. The van der Waals surface area contributed by atoms with Crippen molar-refractivity contribution >= 4 is 47.0 Å². The maximum atomic E-state index is 12.8. The van der Waals surface area contributed by atoms with Crippen LogP contribution in [0.2, 0.25) is 10.0 Å². The lowest BCUT2D eigenvalue weighted by atomic mass is 10.0. The summed E-state index contributed by atoms with van der Waals surface area (Å²) in [7, 11) is 2.88. The van der Waals surface area contributed by atoms with Crippen LogP contribution < -0.4 is 10.1 Å². The molecule has 0 aliphatic carbocycles. The molecule has 0 fully saturated rings. The van der Waals surface area contributed by atoms with Crippen LogP contribution in [-0.4, -0.2) is 67.2 Å². The van der Waals surface area contributed by atoms with Crippen LogP contribution in [0.3, 0.4) is 0 Å². The SMILES string of the molecule is COC(=O)[C@H](Cc1ccc(OC/C=C/C2CC=CC(N(C)C(=O)OC(C)(C)C)=N2)cc1)NC(=O)c1c(Cl)cccc1Cl. The molecule has 0 saturated heterocycles. The van der Waals surface area contributed by atoms with E-state index >= 15 is 0 Å². The average molecular weight is 617 g/mol. The van der Waals surface area contributed by atoms with Crippen LogP contribution >= 0.6 is 23.2 Å². The topological polar surface area (TPSA) is 107 Å². The molecule has 2 aromatic carbocycles. The van der Waals surface area contributed by atoms with Gasteiger partial charge in [0.2, 0.25) is 0 Å². The van der Waals surface area contributed by atoms with E-state index in [-0.39, 0.29) is 28.1 Å². The number of amides is 2. The first-order valence-corrected chi connectivity index (χ1v) is 14.1. The van der Waals surface area contributed by atoms with Gasteiger partial charge in [0.05, 0.1) is 28.8 Å². The van der Waals surface area contributed by atoms with Crippen LogP contribution in [0.15, 0.2) is 71.8 Å². The monoisotopic (exact) mass is 615 g/mol. The predicted octanol–water partition coefficient (Wildman–Crippen LogP) is 6.04. The highest BCUT2D eigenvalue weighted by atomic mass is 35.5. The molecule has 0 bridgehead atoms. The molecule has 3 rings (SSSR count). The highest BCUT2D eigenvalue weighted by molar-refractivity contribution is 6.39. The minimum atomic E-state index is -0.950. The van der Waals surface area contributed by atoms with Crippen LogP contribution in [0.4, 0.5) is 4.79 Å². The Morgan fingerprint density at radius 3 is 2.40 bits per heavy atom. The number of nitrogens with one attached hydrogen (secondary N) is 1. The van der Waals surface area contributed by atoms with E-state index in [0.29, 0.717) is 24.6 Å². The van der Waals surface area contributed by atoms with Gasteiger partial charge in [0.15, 0.2) is 0 Å². The summed E-state index contributed by atoms with van der Waals surface area (Å²) in [5, 5.41) is 3.02. The Morgan fingerprint density at radius 2 is 1.79 bits per heavy atom. The molecule has 1 aliphatic rings. The summed E-state index contributed by atoms with van der Waals surface area (Å²) in [6.07, 6.45) is 7.99. The number of amidine groups is 1. The Balaban J connectivity index is 1.55. The number of hydrogen-bond acceptors (Lipinski definition) is 7. The van der Waals surface area contributed by atoms with E-state index in [1.807, 2.05) is 39.0 Å². The van der Waals surface area contributed by atoms with Gasteiger partial charge < -0.3 is 19.5 Å². The minimum Gasteiger partial charge on any atom is -0.490 e. The van der Waals surface area contributed by atoms with Gasteiger partial charge >= 0.3 is 12.1 Å².